The van der Waals surface area contributed by atoms with Gasteiger partial charge in [-0.1, -0.05) is 46.3 Å². The van der Waals surface area contributed by atoms with Crippen LogP contribution in [0.4, 0.5) is 5.69 Å². The highest BCUT2D eigenvalue weighted by Gasteiger charge is 2.51. The first-order valence-corrected chi connectivity index (χ1v) is 9.81. The summed E-state index contributed by atoms with van der Waals surface area (Å²) in [4.78, 5) is 15.2. The number of halogens is 1. The summed E-state index contributed by atoms with van der Waals surface area (Å²) >= 11 is 3.52. The summed E-state index contributed by atoms with van der Waals surface area (Å²) in [5, 5.41) is 3.24. The van der Waals surface area contributed by atoms with Gasteiger partial charge >= 0.3 is 0 Å². The van der Waals surface area contributed by atoms with Gasteiger partial charge in [0.1, 0.15) is 0 Å². The molecule has 0 unspecified atom stereocenters. The Labute approximate surface area is 157 Å². The number of hydrogen-bond acceptors (Lipinski definition) is 2. The molecule has 1 N–H and O–H groups in total. The van der Waals surface area contributed by atoms with Crippen molar-refractivity contribution in [1.82, 2.24) is 5.32 Å². The second kappa shape index (κ2) is 6.83. The van der Waals surface area contributed by atoms with Gasteiger partial charge in [-0.25, -0.2) is 0 Å². The van der Waals surface area contributed by atoms with Crippen molar-refractivity contribution < 1.29 is 4.79 Å². The van der Waals surface area contributed by atoms with E-state index in [0.717, 1.165) is 48.9 Å². The third-order valence-corrected chi connectivity index (χ3v) is 6.01. The fourth-order valence-electron chi connectivity index (χ4n) is 3.84. The lowest BCUT2D eigenvalue weighted by Crippen LogP contribution is -2.38. The van der Waals surface area contributed by atoms with E-state index in [-0.39, 0.29) is 11.3 Å². The van der Waals surface area contributed by atoms with Crippen molar-refractivity contribution in [3.63, 3.8) is 0 Å². The maximum atomic E-state index is 12.8. The molecule has 1 amide bonds. The summed E-state index contributed by atoms with van der Waals surface area (Å²) < 4.78 is 1.04. The maximum absolute atomic E-state index is 12.8. The number of benzene rings is 2. The van der Waals surface area contributed by atoms with Crippen LogP contribution in [0.1, 0.15) is 24.8 Å². The minimum absolute atomic E-state index is 0.198. The predicted octanol–water partition coefficient (Wildman–Crippen LogP) is 4.12. The SMILES string of the molecule is O=C(NC[C@H]1CCN(c2ccccc2)C1)C1(c2cccc(Br)c2)CC1. The van der Waals surface area contributed by atoms with Crippen molar-refractivity contribution in [3.05, 3.63) is 64.6 Å². The van der Waals surface area contributed by atoms with Crippen LogP contribution in [-0.2, 0) is 10.2 Å². The van der Waals surface area contributed by atoms with Crippen LogP contribution in [0.15, 0.2) is 59.1 Å². The summed E-state index contributed by atoms with van der Waals surface area (Å²) in [7, 11) is 0. The Kier molecular flexibility index (Phi) is 4.55. The monoisotopic (exact) mass is 398 g/mol. The van der Waals surface area contributed by atoms with Crippen molar-refractivity contribution >= 4 is 27.5 Å². The third-order valence-electron chi connectivity index (χ3n) is 5.52. The van der Waals surface area contributed by atoms with Crippen LogP contribution in [0.5, 0.6) is 0 Å². The molecule has 1 saturated carbocycles. The summed E-state index contributed by atoms with van der Waals surface area (Å²) in [5.41, 5.74) is 2.13. The molecule has 130 valence electrons. The molecule has 3 nitrogen and oxygen atoms in total. The van der Waals surface area contributed by atoms with E-state index in [1.807, 2.05) is 18.2 Å². The Hall–Kier alpha value is -1.81. The minimum Gasteiger partial charge on any atom is -0.371 e. The molecule has 25 heavy (non-hydrogen) atoms. The molecule has 1 heterocycles. The number of carbonyl (C=O) groups is 1. The predicted molar refractivity (Wildman–Crippen MR) is 105 cm³/mol. The zero-order valence-electron chi connectivity index (χ0n) is 14.2. The van der Waals surface area contributed by atoms with Crippen LogP contribution >= 0.6 is 15.9 Å². The molecular weight excluding hydrogens is 376 g/mol. The zero-order valence-corrected chi connectivity index (χ0v) is 15.8. The standard InChI is InChI=1S/C21H23BrN2O/c22-18-6-4-5-17(13-18)21(10-11-21)20(25)23-14-16-9-12-24(15-16)19-7-2-1-3-8-19/h1-8,13,16H,9-12,14-15H2,(H,23,25)/t16-/m1/s1. The highest BCUT2D eigenvalue weighted by Crippen LogP contribution is 2.48. The molecule has 2 aromatic carbocycles. The zero-order chi connectivity index (χ0) is 17.3. The van der Waals surface area contributed by atoms with Gasteiger partial charge in [-0.2, -0.15) is 0 Å². The Morgan fingerprint density at radius 1 is 1.16 bits per heavy atom. The largest absolute Gasteiger partial charge is 0.371 e. The molecular formula is C21H23BrN2O. The normalized spacial score (nSPS) is 21.2. The van der Waals surface area contributed by atoms with Gasteiger partial charge in [-0.05, 0) is 55.0 Å². The number of nitrogens with zero attached hydrogens (tertiary/aromatic N) is 1. The quantitative estimate of drug-likeness (QED) is 0.820. The van der Waals surface area contributed by atoms with Crippen molar-refractivity contribution in [2.24, 2.45) is 5.92 Å². The first-order valence-electron chi connectivity index (χ1n) is 9.02. The Morgan fingerprint density at radius 3 is 2.68 bits per heavy atom. The Morgan fingerprint density at radius 2 is 1.96 bits per heavy atom. The summed E-state index contributed by atoms with van der Waals surface area (Å²) in [6.45, 7) is 2.87. The maximum Gasteiger partial charge on any atom is 0.230 e. The van der Waals surface area contributed by atoms with Gasteiger partial charge in [-0.3, -0.25) is 4.79 Å². The van der Waals surface area contributed by atoms with Gasteiger partial charge in [0.25, 0.3) is 0 Å². The highest BCUT2D eigenvalue weighted by atomic mass is 79.9. The molecule has 0 spiro atoms. The number of carbonyl (C=O) groups excluding carboxylic acids is 1. The topological polar surface area (TPSA) is 32.3 Å². The molecule has 0 bridgehead atoms. The van der Waals surface area contributed by atoms with E-state index in [1.165, 1.54) is 5.69 Å². The van der Waals surface area contributed by atoms with E-state index in [1.54, 1.807) is 0 Å². The van der Waals surface area contributed by atoms with Crippen LogP contribution in [0.3, 0.4) is 0 Å². The summed E-state index contributed by atoms with van der Waals surface area (Å²) in [6.07, 6.45) is 3.05. The number of amides is 1. The van der Waals surface area contributed by atoms with Gasteiger partial charge in [0, 0.05) is 29.8 Å². The van der Waals surface area contributed by atoms with Crippen molar-refractivity contribution in [3.8, 4) is 0 Å². The number of anilines is 1. The van der Waals surface area contributed by atoms with Crippen LogP contribution in [0.2, 0.25) is 0 Å². The molecule has 1 aliphatic heterocycles. The lowest BCUT2D eigenvalue weighted by atomic mass is 9.95. The molecule has 1 saturated heterocycles. The van der Waals surface area contributed by atoms with E-state index in [4.69, 9.17) is 0 Å². The van der Waals surface area contributed by atoms with Gasteiger partial charge in [-0.15, -0.1) is 0 Å². The number of hydrogen-bond donors (Lipinski definition) is 1. The molecule has 1 atom stereocenters. The number of rotatable bonds is 5. The average molecular weight is 399 g/mol. The van der Waals surface area contributed by atoms with Gasteiger partial charge in [0.15, 0.2) is 0 Å². The molecule has 1 aliphatic carbocycles. The van der Waals surface area contributed by atoms with E-state index in [2.05, 4.69) is 62.5 Å². The molecule has 2 aromatic rings. The summed E-state index contributed by atoms with van der Waals surface area (Å²) in [5.74, 6) is 0.728. The molecule has 4 rings (SSSR count). The van der Waals surface area contributed by atoms with Gasteiger partial charge in [0.05, 0.1) is 5.41 Å². The van der Waals surface area contributed by atoms with Crippen LogP contribution in [0, 0.1) is 5.92 Å². The highest BCUT2D eigenvalue weighted by molar-refractivity contribution is 9.10. The number of para-hydroxylation sites is 1. The molecule has 0 radical (unpaired) electrons. The van der Waals surface area contributed by atoms with Crippen molar-refractivity contribution in [2.45, 2.75) is 24.7 Å². The molecule has 4 heteroatoms. The fraction of sp³-hybridized carbons (Fsp3) is 0.381. The first kappa shape index (κ1) is 16.6. The minimum atomic E-state index is -0.290. The van der Waals surface area contributed by atoms with E-state index < -0.39 is 0 Å². The molecule has 0 aromatic heterocycles. The first-order chi connectivity index (χ1) is 12.2. The van der Waals surface area contributed by atoms with Crippen LogP contribution in [0.25, 0.3) is 0 Å². The second-order valence-electron chi connectivity index (χ2n) is 7.24. The average Bonchev–Trinajstić information content (AvgIpc) is 3.32. The van der Waals surface area contributed by atoms with E-state index in [0.29, 0.717) is 5.92 Å². The van der Waals surface area contributed by atoms with Gasteiger partial charge < -0.3 is 10.2 Å². The Bertz CT molecular complexity index is 758. The second-order valence-corrected chi connectivity index (χ2v) is 8.15. The lowest BCUT2D eigenvalue weighted by molar-refractivity contribution is -0.123. The Balaban J connectivity index is 1.34. The third kappa shape index (κ3) is 3.45. The lowest BCUT2D eigenvalue weighted by Gasteiger charge is -2.20. The van der Waals surface area contributed by atoms with Crippen LogP contribution in [-0.4, -0.2) is 25.5 Å². The fourth-order valence-corrected chi connectivity index (χ4v) is 4.24. The van der Waals surface area contributed by atoms with Crippen LogP contribution < -0.4 is 10.2 Å². The van der Waals surface area contributed by atoms with Crippen molar-refractivity contribution in [1.29, 1.82) is 0 Å². The molecule has 2 aliphatic rings. The smallest absolute Gasteiger partial charge is 0.230 e. The van der Waals surface area contributed by atoms with E-state index in [9.17, 15) is 4.79 Å². The molecule has 2 fully saturated rings. The summed E-state index contributed by atoms with van der Waals surface area (Å²) in [6, 6.07) is 18.7. The van der Waals surface area contributed by atoms with Gasteiger partial charge in [0.2, 0.25) is 5.91 Å². The number of nitrogens with one attached hydrogen (secondary N) is 1. The van der Waals surface area contributed by atoms with Crippen molar-refractivity contribution in [2.75, 3.05) is 24.5 Å². The van der Waals surface area contributed by atoms with E-state index >= 15 is 0 Å².